The summed E-state index contributed by atoms with van der Waals surface area (Å²) >= 11 is 5.94. The van der Waals surface area contributed by atoms with Gasteiger partial charge in [-0.2, -0.15) is 0 Å². The Balaban J connectivity index is 1.44. The van der Waals surface area contributed by atoms with Gasteiger partial charge in [-0.25, -0.2) is 0 Å². The number of hydrogen-bond donors (Lipinski definition) is 0. The molecular weight excluding hydrogens is 324 g/mol. The summed E-state index contributed by atoms with van der Waals surface area (Å²) in [6, 6.07) is 15.3. The Morgan fingerprint density at radius 1 is 1.00 bits per heavy atom. The summed E-state index contributed by atoms with van der Waals surface area (Å²) in [5, 5.41) is 0.769. The number of rotatable bonds is 6. The van der Waals surface area contributed by atoms with Crippen LogP contribution in [-0.2, 0) is 0 Å². The molecule has 3 rings (SSSR count). The zero-order valence-electron chi connectivity index (χ0n) is 13.5. The fraction of sp³-hybridized carbons (Fsp3) is 0.316. The predicted molar refractivity (Wildman–Crippen MR) is 97.4 cm³/mol. The maximum Gasteiger partial charge on any atom is 0.153 e. The predicted octanol–water partition coefficient (Wildman–Crippen LogP) is 3.35. The fourth-order valence-corrected chi connectivity index (χ4v) is 3.00. The molecular formula is C19H21ClN2O2. The van der Waals surface area contributed by atoms with Gasteiger partial charge in [0.05, 0.1) is 5.56 Å². The van der Waals surface area contributed by atoms with Gasteiger partial charge >= 0.3 is 0 Å². The van der Waals surface area contributed by atoms with Gasteiger partial charge in [0.2, 0.25) is 0 Å². The van der Waals surface area contributed by atoms with Crippen LogP contribution in [0.2, 0.25) is 5.02 Å². The number of anilines is 1. The summed E-state index contributed by atoms with van der Waals surface area (Å²) in [5.41, 5.74) is 1.82. The van der Waals surface area contributed by atoms with Crippen LogP contribution in [0.5, 0.6) is 5.75 Å². The van der Waals surface area contributed by atoms with Crippen molar-refractivity contribution in [1.29, 1.82) is 0 Å². The highest BCUT2D eigenvalue weighted by molar-refractivity contribution is 6.30. The summed E-state index contributed by atoms with van der Waals surface area (Å²) in [7, 11) is 0. The minimum atomic E-state index is 0.589. The quantitative estimate of drug-likeness (QED) is 0.752. The zero-order valence-corrected chi connectivity index (χ0v) is 14.3. The standard InChI is InChI=1S/C19H21ClN2O2/c20-17-5-7-18(8-6-17)22-11-9-21(10-12-22)13-14-24-19-4-2-1-3-16(19)15-23/h1-8,15H,9-14H2. The molecule has 1 heterocycles. The Labute approximate surface area is 147 Å². The van der Waals surface area contributed by atoms with Gasteiger partial charge in [-0.3, -0.25) is 9.69 Å². The molecule has 1 aliphatic heterocycles. The molecule has 0 spiro atoms. The minimum absolute atomic E-state index is 0.589. The molecule has 0 unspecified atom stereocenters. The number of benzene rings is 2. The molecule has 0 aromatic heterocycles. The SMILES string of the molecule is O=Cc1ccccc1OCCN1CCN(c2ccc(Cl)cc2)CC1. The highest BCUT2D eigenvalue weighted by Gasteiger charge is 2.17. The number of carbonyl (C=O) groups excluding carboxylic acids is 1. The lowest BCUT2D eigenvalue weighted by Gasteiger charge is -2.36. The summed E-state index contributed by atoms with van der Waals surface area (Å²) in [5.74, 6) is 0.660. The number of ether oxygens (including phenoxy) is 1. The van der Waals surface area contributed by atoms with Crippen LogP contribution in [0.25, 0.3) is 0 Å². The summed E-state index contributed by atoms with van der Waals surface area (Å²) in [4.78, 5) is 15.7. The molecule has 0 radical (unpaired) electrons. The second-order valence-electron chi connectivity index (χ2n) is 5.81. The normalized spacial score (nSPS) is 15.3. The van der Waals surface area contributed by atoms with Crippen LogP contribution < -0.4 is 9.64 Å². The molecule has 0 saturated carbocycles. The van der Waals surface area contributed by atoms with Crippen molar-refractivity contribution in [2.24, 2.45) is 0 Å². The second kappa shape index (κ2) is 8.18. The van der Waals surface area contributed by atoms with E-state index in [9.17, 15) is 4.79 Å². The van der Waals surface area contributed by atoms with Crippen molar-refractivity contribution in [2.75, 3.05) is 44.2 Å². The number of piperazine rings is 1. The zero-order chi connectivity index (χ0) is 16.8. The molecule has 0 amide bonds. The van der Waals surface area contributed by atoms with Crippen molar-refractivity contribution in [3.05, 3.63) is 59.1 Å². The molecule has 24 heavy (non-hydrogen) atoms. The third kappa shape index (κ3) is 4.28. The van der Waals surface area contributed by atoms with Crippen LogP contribution in [0.1, 0.15) is 10.4 Å². The third-order valence-electron chi connectivity index (χ3n) is 4.28. The Bertz CT molecular complexity index is 667. The maximum absolute atomic E-state index is 11.0. The lowest BCUT2D eigenvalue weighted by molar-refractivity contribution is 0.111. The molecule has 5 heteroatoms. The first-order chi connectivity index (χ1) is 11.8. The molecule has 0 N–H and O–H groups in total. The van der Waals surface area contributed by atoms with E-state index in [1.165, 1.54) is 5.69 Å². The summed E-state index contributed by atoms with van der Waals surface area (Å²) in [6.07, 6.45) is 0.834. The van der Waals surface area contributed by atoms with Gasteiger partial charge in [0.15, 0.2) is 6.29 Å². The molecule has 1 aliphatic rings. The third-order valence-corrected chi connectivity index (χ3v) is 4.53. The molecule has 1 saturated heterocycles. The smallest absolute Gasteiger partial charge is 0.153 e. The molecule has 4 nitrogen and oxygen atoms in total. The fourth-order valence-electron chi connectivity index (χ4n) is 2.88. The van der Waals surface area contributed by atoms with Crippen LogP contribution in [0.4, 0.5) is 5.69 Å². The molecule has 0 atom stereocenters. The minimum Gasteiger partial charge on any atom is -0.492 e. The molecule has 126 valence electrons. The molecule has 1 fully saturated rings. The number of halogens is 1. The Kier molecular flexibility index (Phi) is 5.72. The number of hydrogen-bond acceptors (Lipinski definition) is 4. The highest BCUT2D eigenvalue weighted by Crippen LogP contribution is 2.19. The lowest BCUT2D eigenvalue weighted by atomic mass is 10.2. The summed E-state index contributed by atoms with van der Waals surface area (Å²) < 4.78 is 5.75. The molecule has 0 bridgehead atoms. The van der Waals surface area contributed by atoms with Crippen LogP contribution in [0.3, 0.4) is 0 Å². The van der Waals surface area contributed by atoms with Crippen molar-refractivity contribution in [1.82, 2.24) is 4.90 Å². The Morgan fingerprint density at radius 3 is 2.42 bits per heavy atom. The van der Waals surface area contributed by atoms with E-state index in [1.807, 2.05) is 30.3 Å². The number of para-hydroxylation sites is 1. The van der Waals surface area contributed by atoms with E-state index in [2.05, 4.69) is 21.9 Å². The van der Waals surface area contributed by atoms with E-state index in [0.717, 1.165) is 44.0 Å². The molecule has 0 aliphatic carbocycles. The average Bonchev–Trinajstić information content (AvgIpc) is 2.63. The van der Waals surface area contributed by atoms with Gasteiger partial charge in [0, 0.05) is 43.4 Å². The van der Waals surface area contributed by atoms with Crippen LogP contribution in [0, 0.1) is 0 Å². The topological polar surface area (TPSA) is 32.8 Å². The van der Waals surface area contributed by atoms with E-state index >= 15 is 0 Å². The van der Waals surface area contributed by atoms with Crippen molar-refractivity contribution >= 4 is 23.6 Å². The van der Waals surface area contributed by atoms with Crippen molar-refractivity contribution in [3.63, 3.8) is 0 Å². The number of carbonyl (C=O) groups is 1. The van der Waals surface area contributed by atoms with Crippen molar-refractivity contribution in [3.8, 4) is 5.75 Å². The first kappa shape index (κ1) is 16.8. The van der Waals surface area contributed by atoms with E-state index in [0.29, 0.717) is 17.9 Å². The van der Waals surface area contributed by atoms with Gasteiger partial charge in [0.1, 0.15) is 12.4 Å². The lowest BCUT2D eigenvalue weighted by Crippen LogP contribution is -2.47. The van der Waals surface area contributed by atoms with E-state index in [-0.39, 0.29) is 0 Å². The van der Waals surface area contributed by atoms with Gasteiger partial charge in [0.25, 0.3) is 0 Å². The average molecular weight is 345 g/mol. The maximum atomic E-state index is 11.0. The summed E-state index contributed by atoms with van der Waals surface area (Å²) in [6.45, 7) is 5.44. The monoisotopic (exact) mass is 344 g/mol. The van der Waals surface area contributed by atoms with E-state index in [1.54, 1.807) is 6.07 Å². The van der Waals surface area contributed by atoms with Crippen molar-refractivity contribution in [2.45, 2.75) is 0 Å². The van der Waals surface area contributed by atoms with Crippen LogP contribution >= 0.6 is 11.6 Å². The molecule has 2 aromatic carbocycles. The van der Waals surface area contributed by atoms with Crippen LogP contribution in [-0.4, -0.2) is 50.5 Å². The number of nitrogens with zero attached hydrogens (tertiary/aromatic N) is 2. The largest absolute Gasteiger partial charge is 0.492 e. The number of aldehydes is 1. The Morgan fingerprint density at radius 2 is 1.71 bits per heavy atom. The highest BCUT2D eigenvalue weighted by atomic mass is 35.5. The van der Waals surface area contributed by atoms with Gasteiger partial charge < -0.3 is 9.64 Å². The molecule has 2 aromatic rings. The van der Waals surface area contributed by atoms with E-state index in [4.69, 9.17) is 16.3 Å². The first-order valence-corrected chi connectivity index (χ1v) is 8.54. The second-order valence-corrected chi connectivity index (χ2v) is 6.25. The van der Waals surface area contributed by atoms with Gasteiger partial charge in [-0.05, 0) is 36.4 Å². The van der Waals surface area contributed by atoms with E-state index < -0.39 is 0 Å². The first-order valence-electron chi connectivity index (χ1n) is 8.16. The van der Waals surface area contributed by atoms with Crippen LogP contribution in [0.15, 0.2) is 48.5 Å². The van der Waals surface area contributed by atoms with Crippen molar-refractivity contribution < 1.29 is 9.53 Å². The van der Waals surface area contributed by atoms with Gasteiger partial charge in [-0.1, -0.05) is 23.7 Å². The van der Waals surface area contributed by atoms with Gasteiger partial charge in [-0.15, -0.1) is 0 Å². The Hall–Kier alpha value is -2.04.